The summed E-state index contributed by atoms with van der Waals surface area (Å²) < 4.78 is 37.8. The Labute approximate surface area is 113 Å². The molecule has 1 aliphatic carbocycles. The van der Waals surface area contributed by atoms with Crippen LogP contribution in [0.15, 0.2) is 29.6 Å². The topological polar surface area (TPSA) is 12.9 Å². The quantitative estimate of drug-likeness (QED) is 0.800. The van der Waals surface area contributed by atoms with Gasteiger partial charge in [-0.1, -0.05) is 18.2 Å². The third-order valence-electron chi connectivity index (χ3n) is 3.17. The lowest BCUT2D eigenvalue weighted by molar-refractivity contribution is -0.137. The zero-order chi connectivity index (χ0) is 13.5. The van der Waals surface area contributed by atoms with Gasteiger partial charge in [-0.3, -0.25) is 0 Å². The number of rotatable bonds is 3. The van der Waals surface area contributed by atoms with Crippen LogP contribution in [0.25, 0.3) is 0 Å². The van der Waals surface area contributed by atoms with Crippen LogP contribution in [0.2, 0.25) is 0 Å². The molecule has 1 heterocycles. The van der Waals surface area contributed by atoms with Crippen molar-refractivity contribution in [1.29, 1.82) is 0 Å². The lowest BCUT2D eigenvalue weighted by Crippen LogP contribution is -2.05. The molecule has 1 fully saturated rings. The van der Waals surface area contributed by atoms with E-state index in [0.29, 0.717) is 17.9 Å². The Hall–Kier alpha value is -1.36. The molecule has 0 spiro atoms. The molecule has 1 nitrogen and oxygen atoms in total. The molecule has 0 bridgehead atoms. The molecular formula is C14H12F3NS. The van der Waals surface area contributed by atoms with Crippen molar-refractivity contribution in [2.75, 3.05) is 0 Å². The van der Waals surface area contributed by atoms with Crippen molar-refractivity contribution in [3.05, 3.63) is 51.5 Å². The molecule has 5 heteroatoms. The zero-order valence-electron chi connectivity index (χ0n) is 10.1. The number of benzene rings is 1. The fraction of sp³-hybridized carbons (Fsp3) is 0.357. The molecule has 1 saturated carbocycles. The fourth-order valence-corrected chi connectivity index (χ4v) is 2.92. The third-order valence-corrected chi connectivity index (χ3v) is 4.04. The highest BCUT2D eigenvalue weighted by atomic mass is 32.1. The number of alkyl halides is 3. The predicted molar refractivity (Wildman–Crippen MR) is 68.3 cm³/mol. The molecule has 0 saturated heterocycles. The minimum Gasteiger partial charge on any atom is -0.246 e. The van der Waals surface area contributed by atoms with E-state index >= 15 is 0 Å². The van der Waals surface area contributed by atoms with E-state index in [2.05, 4.69) is 4.98 Å². The number of aromatic nitrogens is 1. The number of halogens is 3. The first-order valence-corrected chi connectivity index (χ1v) is 7.01. The van der Waals surface area contributed by atoms with Gasteiger partial charge in [0, 0.05) is 17.7 Å². The van der Waals surface area contributed by atoms with Gasteiger partial charge < -0.3 is 0 Å². The van der Waals surface area contributed by atoms with E-state index in [-0.39, 0.29) is 0 Å². The van der Waals surface area contributed by atoms with Crippen LogP contribution >= 0.6 is 11.3 Å². The molecule has 1 aliphatic rings. The maximum atomic E-state index is 12.6. The second-order valence-electron chi connectivity index (χ2n) is 4.82. The van der Waals surface area contributed by atoms with Crippen molar-refractivity contribution in [2.24, 2.45) is 0 Å². The second kappa shape index (κ2) is 4.63. The summed E-state index contributed by atoms with van der Waals surface area (Å²) in [7, 11) is 0. The van der Waals surface area contributed by atoms with E-state index in [1.54, 1.807) is 6.07 Å². The summed E-state index contributed by atoms with van der Waals surface area (Å²) in [5.74, 6) is 0.589. The standard InChI is InChI=1S/C14H12F3NS/c15-14(16,17)11-3-1-2-9(6-11)7-13-18-12(8-19-13)10-4-5-10/h1-3,6,8,10H,4-5,7H2. The SMILES string of the molecule is FC(F)(F)c1cccc(Cc2nc(C3CC3)cs2)c1. The summed E-state index contributed by atoms with van der Waals surface area (Å²) in [6.45, 7) is 0. The largest absolute Gasteiger partial charge is 0.416 e. The Morgan fingerprint density at radius 2 is 2.05 bits per heavy atom. The van der Waals surface area contributed by atoms with Crippen LogP contribution < -0.4 is 0 Å². The highest BCUT2D eigenvalue weighted by Crippen LogP contribution is 2.40. The van der Waals surface area contributed by atoms with Crippen LogP contribution in [-0.2, 0) is 12.6 Å². The van der Waals surface area contributed by atoms with Crippen LogP contribution in [0.5, 0.6) is 0 Å². The van der Waals surface area contributed by atoms with Gasteiger partial charge in [0.2, 0.25) is 0 Å². The van der Waals surface area contributed by atoms with Gasteiger partial charge in [0.05, 0.1) is 16.3 Å². The highest BCUT2D eigenvalue weighted by molar-refractivity contribution is 7.09. The van der Waals surface area contributed by atoms with Crippen LogP contribution in [0.4, 0.5) is 13.2 Å². The summed E-state index contributed by atoms with van der Waals surface area (Å²) in [4.78, 5) is 4.50. The molecule has 3 rings (SSSR count). The number of hydrogen-bond donors (Lipinski definition) is 0. The first kappa shape index (κ1) is 12.7. The molecule has 19 heavy (non-hydrogen) atoms. The van der Waals surface area contributed by atoms with Crippen LogP contribution in [-0.4, -0.2) is 4.98 Å². The van der Waals surface area contributed by atoms with Crippen molar-refractivity contribution < 1.29 is 13.2 Å². The van der Waals surface area contributed by atoms with Crippen molar-refractivity contribution in [1.82, 2.24) is 4.98 Å². The fourth-order valence-electron chi connectivity index (χ4n) is 2.01. The maximum absolute atomic E-state index is 12.6. The highest BCUT2D eigenvalue weighted by Gasteiger charge is 2.30. The average Bonchev–Trinajstić information content (AvgIpc) is 3.10. The van der Waals surface area contributed by atoms with Crippen LogP contribution in [0, 0.1) is 0 Å². The van der Waals surface area contributed by atoms with Gasteiger partial charge in [-0.2, -0.15) is 13.2 Å². The van der Waals surface area contributed by atoms with Gasteiger partial charge in [0.1, 0.15) is 0 Å². The number of thiazole rings is 1. The minimum atomic E-state index is -4.28. The van der Waals surface area contributed by atoms with Crippen molar-refractivity contribution in [3.63, 3.8) is 0 Å². The third kappa shape index (κ3) is 2.97. The molecule has 1 aromatic heterocycles. The van der Waals surface area contributed by atoms with E-state index in [4.69, 9.17) is 0 Å². The lowest BCUT2D eigenvalue weighted by Gasteiger charge is -2.07. The Kier molecular flexibility index (Phi) is 3.09. The molecule has 0 atom stereocenters. The first-order chi connectivity index (χ1) is 9.02. The molecule has 0 amide bonds. The van der Waals surface area contributed by atoms with Crippen molar-refractivity contribution in [3.8, 4) is 0 Å². The van der Waals surface area contributed by atoms with Gasteiger partial charge in [0.25, 0.3) is 0 Å². The minimum absolute atomic E-state index is 0.474. The lowest BCUT2D eigenvalue weighted by atomic mass is 10.1. The van der Waals surface area contributed by atoms with Gasteiger partial charge in [-0.25, -0.2) is 4.98 Å². The normalized spacial score (nSPS) is 15.7. The Morgan fingerprint density at radius 3 is 2.74 bits per heavy atom. The first-order valence-electron chi connectivity index (χ1n) is 6.13. The van der Waals surface area contributed by atoms with E-state index in [0.717, 1.165) is 16.8 Å². The van der Waals surface area contributed by atoms with Gasteiger partial charge in [0.15, 0.2) is 0 Å². The molecule has 0 aliphatic heterocycles. The van der Waals surface area contributed by atoms with E-state index in [1.807, 2.05) is 5.38 Å². The van der Waals surface area contributed by atoms with E-state index < -0.39 is 11.7 Å². The Bertz CT molecular complexity index is 584. The van der Waals surface area contributed by atoms with Crippen molar-refractivity contribution in [2.45, 2.75) is 31.4 Å². The number of hydrogen-bond acceptors (Lipinski definition) is 2. The average molecular weight is 283 g/mol. The van der Waals surface area contributed by atoms with Gasteiger partial charge in [-0.05, 0) is 24.5 Å². The predicted octanol–water partition coefficient (Wildman–Crippen LogP) is 4.63. The summed E-state index contributed by atoms with van der Waals surface area (Å²) >= 11 is 1.53. The van der Waals surface area contributed by atoms with Crippen molar-refractivity contribution >= 4 is 11.3 Å². The maximum Gasteiger partial charge on any atom is 0.416 e. The van der Waals surface area contributed by atoms with Gasteiger partial charge in [-0.15, -0.1) is 11.3 Å². The summed E-state index contributed by atoms with van der Waals surface area (Å²) in [5.41, 5.74) is 1.17. The molecule has 100 valence electrons. The van der Waals surface area contributed by atoms with Crippen LogP contribution in [0.1, 0.15) is 40.6 Å². The monoisotopic (exact) mass is 283 g/mol. The zero-order valence-corrected chi connectivity index (χ0v) is 10.9. The molecule has 0 N–H and O–H groups in total. The number of nitrogens with zero attached hydrogens (tertiary/aromatic N) is 1. The van der Waals surface area contributed by atoms with Crippen LogP contribution in [0.3, 0.4) is 0 Å². The molecule has 2 aromatic rings. The molecule has 0 radical (unpaired) electrons. The Balaban J connectivity index is 1.78. The Morgan fingerprint density at radius 1 is 1.26 bits per heavy atom. The molecular weight excluding hydrogens is 271 g/mol. The summed E-state index contributed by atoms with van der Waals surface area (Å²) in [6, 6.07) is 5.47. The molecule has 0 unspecified atom stereocenters. The van der Waals surface area contributed by atoms with E-state index in [9.17, 15) is 13.2 Å². The van der Waals surface area contributed by atoms with Gasteiger partial charge >= 0.3 is 6.18 Å². The second-order valence-corrected chi connectivity index (χ2v) is 5.76. The molecule has 1 aromatic carbocycles. The smallest absolute Gasteiger partial charge is 0.246 e. The summed E-state index contributed by atoms with van der Waals surface area (Å²) in [5, 5.41) is 2.92. The van der Waals surface area contributed by atoms with E-state index in [1.165, 1.54) is 36.3 Å². The summed E-state index contributed by atoms with van der Waals surface area (Å²) in [6.07, 6.45) is -1.43.